The predicted octanol–water partition coefficient (Wildman–Crippen LogP) is 3.36. The summed E-state index contributed by atoms with van der Waals surface area (Å²) in [4.78, 5) is 30.1. The Morgan fingerprint density at radius 3 is 2.43 bits per heavy atom. The number of halogens is 2. The number of pyridine rings is 1. The summed E-state index contributed by atoms with van der Waals surface area (Å²) in [7, 11) is 0. The van der Waals surface area contributed by atoms with Crippen molar-refractivity contribution in [2.24, 2.45) is 0 Å². The second-order valence-corrected chi connectivity index (χ2v) is 6.27. The number of imide groups is 1. The highest BCUT2D eigenvalue weighted by Gasteiger charge is 2.48. The van der Waals surface area contributed by atoms with Crippen LogP contribution in [-0.4, -0.2) is 21.8 Å². The van der Waals surface area contributed by atoms with Crippen molar-refractivity contribution in [3.8, 4) is 0 Å². The van der Waals surface area contributed by atoms with Gasteiger partial charge in [-0.2, -0.15) is 0 Å². The number of urea groups is 1. The van der Waals surface area contributed by atoms with Crippen LogP contribution in [0.2, 0.25) is 10.2 Å². The van der Waals surface area contributed by atoms with Gasteiger partial charge in [0.15, 0.2) is 0 Å². The lowest BCUT2D eigenvalue weighted by atomic mass is 9.92. The third kappa shape index (κ3) is 2.90. The molecule has 3 amide bonds. The van der Waals surface area contributed by atoms with E-state index in [9.17, 15) is 9.59 Å². The van der Waals surface area contributed by atoms with Crippen LogP contribution in [0.1, 0.15) is 18.1 Å². The van der Waals surface area contributed by atoms with Crippen molar-refractivity contribution in [3.05, 3.63) is 63.9 Å². The van der Waals surface area contributed by atoms with E-state index in [1.807, 2.05) is 0 Å². The monoisotopic (exact) mass is 349 g/mol. The summed E-state index contributed by atoms with van der Waals surface area (Å²) in [5.74, 6) is -0.320. The van der Waals surface area contributed by atoms with Gasteiger partial charge >= 0.3 is 6.03 Å². The van der Waals surface area contributed by atoms with E-state index >= 15 is 0 Å². The zero-order valence-corrected chi connectivity index (χ0v) is 13.7. The van der Waals surface area contributed by atoms with Gasteiger partial charge in [0.2, 0.25) is 0 Å². The Morgan fingerprint density at radius 1 is 1.13 bits per heavy atom. The van der Waals surface area contributed by atoms with Crippen LogP contribution >= 0.6 is 23.2 Å². The van der Waals surface area contributed by atoms with Gasteiger partial charge < -0.3 is 5.32 Å². The molecule has 2 heterocycles. The van der Waals surface area contributed by atoms with Crippen LogP contribution in [0.15, 0.2) is 42.6 Å². The van der Waals surface area contributed by atoms with Crippen LogP contribution < -0.4 is 5.32 Å². The quantitative estimate of drug-likeness (QED) is 0.682. The van der Waals surface area contributed by atoms with E-state index in [-0.39, 0.29) is 12.5 Å². The minimum Gasteiger partial charge on any atom is -0.319 e. The summed E-state index contributed by atoms with van der Waals surface area (Å²) in [6, 6.07) is 9.74. The van der Waals surface area contributed by atoms with E-state index in [4.69, 9.17) is 23.2 Å². The first-order valence-corrected chi connectivity index (χ1v) is 7.66. The number of carbonyl (C=O) groups excluding carboxylic acids is 2. The largest absolute Gasteiger partial charge is 0.325 e. The fraction of sp³-hybridized carbons (Fsp3) is 0.188. The number of rotatable bonds is 3. The first kappa shape index (κ1) is 15.8. The fourth-order valence-corrected chi connectivity index (χ4v) is 2.74. The molecule has 1 aromatic heterocycles. The van der Waals surface area contributed by atoms with E-state index in [1.165, 1.54) is 4.90 Å². The second-order valence-electron chi connectivity index (χ2n) is 5.44. The highest BCUT2D eigenvalue weighted by atomic mass is 35.5. The van der Waals surface area contributed by atoms with Crippen molar-refractivity contribution in [2.45, 2.75) is 19.0 Å². The lowest BCUT2D eigenvalue weighted by molar-refractivity contribution is -0.131. The van der Waals surface area contributed by atoms with E-state index in [0.717, 1.165) is 5.56 Å². The van der Waals surface area contributed by atoms with Gasteiger partial charge in [0.25, 0.3) is 5.91 Å². The van der Waals surface area contributed by atoms with Crippen LogP contribution in [0.25, 0.3) is 0 Å². The van der Waals surface area contributed by atoms with E-state index in [0.29, 0.717) is 15.7 Å². The number of hydrogen-bond acceptors (Lipinski definition) is 3. The van der Waals surface area contributed by atoms with Crippen LogP contribution in [0.3, 0.4) is 0 Å². The third-order valence-corrected chi connectivity index (χ3v) is 4.30. The minimum atomic E-state index is -1.11. The molecule has 1 aromatic carbocycles. The molecule has 2 aromatic rings. The first-order chi connectivity index (χ1) is 10.9. The van der Waals surface area contributed by atoms with Gasteiger partial charge in [0.05, 0.1) is 6.54 Å². The molecule has 0 aliphatic carbocycles. The Kier molecular flexibility index (Phi) is 4.00. The number of benzene rings is 1. The average molecular weight is 350 g/mol. The normalized spacial score (nSPS) is 20.7. The number of aromatic nitrogens is 1. The summed E-state index contributed by atoms with van der Waals surface area (Å²) in [6.07, 6.45) is 1.54. The SMILES string of the molecule is CC1(c2ccc(Cl)cc2)NC(=O)N(Cc2ccc(Cl)nc2)C1=O. The number of nitrogens with zero attached hydrogens (tertiary/aromatic N) is 2. The number of amides is 3. The van der Waals surface area contributed by atoms with Gasteiger partial charge in [-0.25, -0.2) is 9.78 Å². The molecule has 1 saturated heterocycles. The van der Waals surface area contributed by atoms with Crippen LogP contribution in [0.4, 0.5) is 4.79 Å². The first-order valence-electron chi connectivity index (χ1n) is 6.91. The molecule has 0 radical (unpaired) electrons. The van der Waals surface area contributed by atoms with Crippen LogP contribution in [0, 0.1) is 0 Å². The molecule has 5 nitrogen and oxygen atoms in total. The summed E-state index contributed by atoms with van der Waals surface area (Å²) in [6.45, 7) is 1.81. The Bertz CT molecular complexity index is 762. The third-order valence-electron chi connectivity index (χ3n) is 3.83. The van der Waals surface area contributed by atoms with Crippen molar-refractivity contribution in [2.75, 3.05) is 0 Å². The number of carbonyl (C=O) groups is 2. The Hall–Kier alpha value is -2.11. The lowest BCUT2D eigenvalue weighted by Gasteiger charge is -2.22. The Morgan fingerprint density at radius 2 is 1.83 bits per heavy atom. The molecule has 1 unspecified atom stereocenters. The summed E-state index contributed by atoms with van der Waals surface area (Å²) >= 11 is 11.6. The number of hydrogen-bond donors (Lipinski definition) is 1. The van der Waals surface area contributed by atoms with Crippen molar-refractivity contribution in [1.29, 1.82) is 0 Å². The average Bonchev–Trinajstić information content (AvgIpc) is 2.74. The van der Waals surface area contributed by atoms with E-state index in [2.05, 4.69) is 10.3 Å². The zero-order valence-electron chi connectivity index (χ0n) is 12.2. The number of nitrogens with one attached hydrogen (secondary N) is 1. The molecular weight excluding hydrogens is 337 g/mol. The molecule has 23 heavy (non-hydrogen) atoms. The summed E-state index contributed by atoms with van der Waals surface area (Å²) in [5, 5.41) is 3.67. The van der Waals surface area contributed by atoms with Crippen molar-refractivity contribution in [3.63, 3.8) is 0 Å². The molecule has 0 bridgehead atoms. The molecule has 3 rings (SSSR count). The molecule has 0 spiro atoms. The zero-order chi connectivity index (χ0) is 16.6. The Labute approximate surface area is 143 Å². The van der Waals surface area contributed by atoms with Crippen molar-refractivity contribution in [1.82, 2.24) is 15.2 Å². The summed E-state index contributed by atoms with van der Waals surface area (Å²) < 4.78 is 0. The molecule has 118 valence electrons. The smallest absolute Gasteiger partial charge is 0.319 e. The van der Waals surface area contributed by atoms with Gasteiger partial charge in [-0.3, -0.25) is 9.69 Å². The molecule has 1 atom stereocenters. The van der Waals surface area contributed by atoms with Gasteiger partial charge in [-0.05, 0) is 36.2 Å². The van der Waals surface area contributed by atoms with Gasteiger partial charge in [0.1, 0.15) is 10.7 Å². The molecule has 0 saturated carbocycles. The van der Waals surface area contributed by atoms with E-state index < -0.39 is 11.6 Å². The highest BCUT2D eigenvalue weighted by molar-refractivity contribution is 6.30. The maximum Gasteiger partial charge on any atom is 0.325 e. The minimum absolute atomic E-state index is 0.137. The molecular formula is C16H13Cl2N3O2. The molecule has 7 heteroatoms. The Balaban J connectivity index is 1.87. The predicted molar refractivity (Wildman–Crippen MR) is 87.1 cm³/mol. The second kappa shape index (κ2) is 5.83. The van der Waals surface area contributed by atoms with E-state index in [1.54, 1.807) is 49.5 Å². The van der Waals surface area contributed by atoms with Crippen LogP contribution in [-0.2, 0) is 16.9 Å². The molecule has 1 aliphatic heterocycles. The molecule has 1 aliphatic rings. The van der Waals surface area contributed by atoms with Gasteiger partial charge in [-0.1, -0.05) is 41.4 Å². The molecule has 1 N–H and O–H groups in total. The van der Waals surface area contributed by atoms with Crippen LogP contribution in [0.5, 0.6) is 0 Å². The standard InChI is InChI=1S/C16H13Cl2N3O2/c1-16(11-3-5-12(17)6-4-11)14(22)21(15(23)20-16)9-10-2-7-13(18)19-8-10/h2-8H,9H2,1H3,(H,20,23). The maximum atomic E-state index is 12.8. The van der Waals surface area contributed by atoms with Gasteiger partial charge in [0, 0.05) is 11.2 Å². The fourth-order valence-electron chi connectivity index (χ4n) is 2.50. The highest BCUT2D eigenvalue weighted by Crippen LogP contribution is 2.30. The van der Waals surface area contributed by atoms with Crippen molar-refractivity contribution >= 4 is 35.1 Å². The maximum absolute atomic E-state index is 12.8. The van der Waals surface area contributed by atoms with Gasteiger partial charge in [-0.15, -0.1) is 0 Å². The topological polar surface area (TPSA) is 62.3 Å². The summed E-state index contributed by atoms with van der Waals surface area (Å²) in [5.41, 5.74) is 0.289. The molecule has 1 fully saturated rings. The lowest BCUT2D eigenvalue weighted by Crippen LogP contribution is -2.40. The van der Waals surface area contributed by atoms with Crippen molar-refractivity contribution < 1.29 is 9.59 Å².